The average Bonchev–Trinajstić information content (AvgIpc) is 2.28. The zero-order valence-corrected chi connectivity index (χ0v) is 9.12. The van der Waals surface area contributed by atoms with Crippen LogP contribution in [0.4, 0.5) is 0 Å². The van der Waals surface area contributed by atoms with E-state index < -0.39 is 5.91 Å². The maximum Gasteiger partial charge on any atom is 0.248 e. The molecule has 3 N–H and O–H groups in total. The minimum atomic E-state index is -0.525. The Bertz CT molecular complexity index is 421. The van der Waals surface area contributed by atoms with Crippen LogP contribution in [0.2, 0.25) is 0 Å². The molecule has 16 heavy (non-hydrogen) atoms. The van der Waals surface area contributed by atoms with Crippen molar-refractivity contribution in [2.45, 2.75) is 19.8 Å². The monoisotopic (exact) mass is 218 g/mol. The Balaban J connectivity index is 2.85. The highest BCUT2D eigenvalue weighted by atomic mass is 16.1. The van der Waals surface area contributed by atoms with Crippen molar-refractivity contribution in [2.24, 2.45) is 5.73 Å². The lowest BCUT2D eigenvalue weighted by atomic mass is 10.0. The highest BCUT2D eigenvalue weighted by Gasteiger charge is 2.11. The summed E-state index contributed by atoms with van der Waals surface area (Å²) in [6.45, 7) is 1.91. The molecule has 0 atom stereocenters. The molecule has 1 aromatic carbocycles. The quantitative estimate of drug-likeness (QED) is 0.583. The van der Waals surface area contributed by atoms with Crippen LogP contribution in [0.3, 0.4) is 0 Å². The van der Waals surface area contributed by atoms with Crippen molar-refractivity contribution in [2.75, 3.05) is 0 Å². The van der Waals surface area contributed by atoms with Crippen molar-refractivity contribution >= 4 is 17.4 Å². The van der Waals surface area contributed by atoms with Gasteiger partial charge in [0.1, 0.15) is 0 Å². The molecule has 0 saturated heterocycles. The summed E-state index contributed by atoms with van der Waals surface area (Å²) in [5, 5.41) is 7.53. The second-order valence-corrected chi connectivity index (χ2v) is 3.50. The molecule has 0 spiro atoms. The third kappa shape index (κ3) is 2.76. The van der Waals surface area contributed by atoms with Gasteiger partial charge in [-0.1, -0.05) is 25.5 Å². The summed E-state index contributed by atoms with van der Waals surface area (Å²) in [6.07, 6.45) is 1.24. The molecule has 1 rings (SSSR count). The molecule has 0 aliphatic carbocycles. The number of benzene rings is 1. The molecule has 0 radical (unpaired) electrons. The molecule has 0 saturated carbocycles. The van der Waals surface area contributed by atoms with Gasteiger partial charge in [0.05, 0.1) is 5.71 Å². The second kappa shape index (κ2) is 5.21. The molecule has 0 aliphatic heterocycles. The average molecular weight is 218 g/mol. The lowest BCUT2D eigenvalue weighted by Crippen LogP contribution is -2.14. The van der Waals surface area contributed by atoms with E-state index in [9.17, 15) is 9.59 Å². The molecular weight excluding hydrogens is 204 g/mol. The van der Waals surface area contributed by atoms with Gasteiger partial charge in [0.2, 0.25) is 11.7 Å². The van der Waals surface area contributed by atoms with E-state index in [1.807, 2.05) is 6.92 Å². The summed E-state index contributed by atoms with van der Waals surface area (Å²) in [4.78, 5) is 22.5. The molecule has 84 valence electrons. The fourth-order valence-electron chi connectivity index (χ4n) is 1.32. The molecule has 0 aliphatic rings. The lowest BCUT2D eigenvalue weighted by Gasteiger charge is -2.02. The molecule has 1 amide bonds. The van der Waals surface area contributed by atoms with Crippen LogP contribution in [-0.2, 0) is 0 Å². The normalized spacial score (nSPS) is 9.81. The number of nitrogens with two attached hydrogens (primary N) is 1. The van der Waals surface area contributed by atoms with E-state index in [0.717, 1.165) is 6.42 Å². The Morgan fingerprint density at radius 2 is 1.69 bits per heavy atom. The van der Waals surface area contributed by atoms with Crippen molar-refractivity contribution in [3.63, 3.8) is 0 Å². The fourth-order valence-corrected chi connectivity index (χ4v) is 1.32. The number of hydrogen-bond donors (Lipinski definition) is 2. The minimum Gasteiger partial charge on any atom is -0.366 e. The largest absolute Gasteiger partial charge is 0.366 e. The van der Waals surface area contributed by atoms with Crippen LogP contribution in [0, 0.1) is 5.41 Å². The fraction of sp³-hybridized carbons (Fsp3) is 0.250. The van der Waals surface area contributed by atoms with Gasteiger partial charge >= 0.3 is 0 Å². The predicted molar refractivity (Wildman–Crippen MR) is 61.9 cm³/mol. The zero-order valence-electron chi connectivity index (χ0n) is 9.12. The SMILES string of the molecule is CCCC(=N)C(=O)c1ccc(C(N)=O)cc1. The van der Waals surface area contributed by atoms with Gasteiger partial charge in [-0.2, -0.15) is 0 Å². The van der Waals surface area contributed by atoms with E-state index in [2.05, 4.69) is 0 Å². The van der Waals surface area contributed by atoms with Crippen LogP contribution < -0.4 is 5.73 Å². The van der Waals surface area contributed by atoms with Crippen molar-refractivity contribution in [3.8, 4) is 0 Å². The summed E-state index contributed by atoms with van der Waals surface area (Å²) < 4.78 is 0. The molecule has 1 aromatic rings. The number of ketones is 1. The van der Waals surface area contributed by atoms with E-state index in [-0.39, 0.29) is 11.5 Å². The predicted octanol–water partition coefficient (Wildman–Crippen LogP) is 1.79. The topological polar surface area (TPSA) is 84.0 Å². The van der Waals surface area contributed by atoms with E-state index in [4.69, 9.17) is 11.1 Å². The molecule has 0 unspecified atom stereocenters. The number of carbonyl (C=O) groups is 2. The maximum absolute atomic E-state index is 11.7. The molecule has 4 heteroatoms. The molecule has 0 aromatic heterocycles. The number of amides is 1. The molecule has 4 nitrogen and oxygen atoms in total. The Labute approximate surface area is 94.0 Å². The first-order valence-electron chi connectivity index (χ1n) is 5.08. The highest BCUT2D eigenvalue weighted by Crippen LogP contribution is 2.07. The van der Waals surface area contributed by atoms with Crippen molar-refractivity contribution in [3.05, 3.63) is 35.4 Å². The number of carbonyl (C=O) groups excluding carboxylic acids is 2. The first-order valence-corrected chi connectivity index (χ1v) is 5.08. The molecule has 0 heterocycles. The second-order valence-electron chi connectivity index (χ2n) is 3.50. The number of nitrogens with one attached hydrogen (secondary N) is 1. The minimum absolute atomic E-state index is 0.0920. The van der Waals surface area contributed by atoms with Gasteiger partial charge in [0, 0.05) is 11.1 Å². The van der Waals surface area contributed by atoms with E-state index in [0.29, 0.717) is 17.5 Å². The summed E-state index contributed by atoms with van der Waals surface area (Å²) in [6, 6.07) is 6.03. The summed E-state index contributed by atoms with van der Waals surface area (Å²) >= 11 is 0. The Kier molecular flexibility index (Phi) is 3.94. The van der Waals surface area contributed by atoms with Crippen LogP contribution in [0.1, 0.15) is 40.5 Å². The van der Waals surface area contributed by atoms with E-state index >= 15 is 0 Å². The van der Waals surface area contributed by atoms with E-state index in [1.165, 1.54) is 24.3 Å². The number of hydrogen-bond acceptors (Lipinski definition) is 3. The Morgan fingerprint density at radius 3 is 2.12 bits per heavy atom. The Morgan fingerprint density at radius 1 is 1.19 bits per heavy atom. The van der Waals surface area contributed by atoms with Crippen molar-refractivity contribution in [1.29, 1.82) is 5.41 Å². The molecule has 0 fully saturated rings. The van der Waals surface area contributed by atoms with Crippen LogP contribution >= 0.6 is 0 Å². The number of rotatable bonds is 5. The van der Waals surface area contributed by atoms with Crippen molar-refractivity contribution in [1.82, 2.24) is 0 Å². The standard InChI is InChI=1S/C12H14N2O2/c1-2-3-10(13)11(15)8-4-6-9(7-5-8)12(14)16/h4-7,13H,2-3H2,1H3,(H2,14,16). The van der Waals surface area contributed by atoms with Gasteiger partial charge in [-0.3, -0.25) is 9.59 Å². The Hall–Kier alpha value is -1.97. The van der Waals surface area contributed by atoms with Gasteiger partial charge in [-0.05, 0) is 18.6 Å². The summed E-state index contributed by atoms with van der Waals surface area (Å²) in [5.74, 6) is -0.819. The molecule has 0 bridgehead atoms. The first-order chi connectivity index (χ1) is 7.56. The summed E-state index contributed by atoms with van der Waals surface area (Å²) in [5.41, 5.74) is 5.95. The van der Waals surface area contributed by atoms with Crippen LogP contribution in [0.5, 0.6) is 0 Å². The third-order valence-electron chi connectivity index (χ3n) is 2.21. The number of Topliss-reactive ketones (excluding diaryl/α,β-unsaturated/α-hetero) is 1. The lowest BCUT2D eigenvalue weighted by molar-refractivity contribution is 0.0998. The third-order valence-corrected chi connectivity index (χ3v) is 2.21. The zero-order chi connectivity index (χ0) is 12.1. The van der Waals surface area contributed by atoms with Gasteiger partial charge < -0.3 is 11.1 Å². The van der Waals surface area contributed by atoms with Crippen LogP contribution in [-0.4, -0.2) is 17.4 Å². The maximum atomic E-state index is 11.7. The van der Waals surface area contributed by atoms with Crippen molar-refractivity contribution < 1.29 is 9.59 Å². The summed E-state index contributed by atoms with van der Waals surface area (Å²) in [7, 11) is 0. The van der Waals surface area contributed by atoms with Gasteiger partial charge in [-0.25, -0.2) is 0 Å². The molecular formula is C12H14N2O2. The van der Waals surface area contributed by atoms with E-state index in [1.54, 1.807) is 0 Å². The van der Waals surface area contributed by atoms with Gasteiger partial charge in [0.15, 0.2) is 0 Å². The first kappa shape index (κ1) is 12.1. The number of primary amides is 1. The highest BCUT2D eigenvalue weighted by molar-refractivity contribution is 6.44. The van der Waals surface area contributed by atoms with Crippen LogP contribution in [0.15, 0.2) is 24.3 Å². The smallest absolute Gasteiger partial charge is 0.248 e. The van der Waals surface area contributed by atoms with Crippen LogP contribution in [0.25, 0.3) is 0 Å². The van der Waals surface area contributed by atoms with Gasteiger partial charge in [0.25, 0.3) is 0 Å². The van der Waals surface area contributed by atoms with Gasteiger partial charge in [-0.15, -0.1) is 0 Å².